The lowest BCUT2D eigenvalue weighted by Gasteiger charge is -2.11. The molecule has 0 aliphatic heterocycles. The van der Waals surface area contributed by atoms with Crippen molar-refractivity contribution in [2.75, 3.05) is 17.2 Å². The van der Waals surface area contributed by atoms with Crippen molar-refractivity contribution < 1.29 is 9.53 Å². The van der Waals surface area contributed by atoms with Crippen LogP contribution >= 0.6 is 0 Å². The Labute approximate surface area is 151 Å². The van der Waals surface area contributed by atoms with Crippen LogP contribution in [0.2, 0.25) is 0 Å². The summed E-state index contributed by atoms with van der Waals surface area (Å²) in [6.45, 7) is -0.172. The number of nitriles is 1. The maximum atomic E-state index is 12.1. The lowest BCUT2D eigenvalue weighted by molar-refractivity contribution is -0.118. The highest BCUT2D eigenvalue weighted by molar-refractivity contribution is 5.92. The number of ether oxygens (including phenoxy) is 1. The molecule has 0 saturated carbocycles. The number of anilines is 3. The van der Waals surface area contributed by atoms with E-state index in [0.717, 1.165) is 11.4 Å². The molecule has 0 fully saturated rings. The summed E-state index contributed by atoms with van der Waals surface area (Å²) in [6, 6.07) is 26.0. The molecule has 0 spiro atoms. The molecule has 0 bridgehead atoms. The number of carbonyl (C=O) groups excluding carboxylic acids is 1. The summed E-state index contributed by atoms with van der Waals surface area (Å²) < 4.78 is 5.44. The topological polar surface area (TPSA) is 74.1 Å². The van der Waals surface area contributed by atoms with Crippen molar-refractivity contribution in [1.29, 1.82) is 5.26 Å². The lowest BCUT2D eigenvalue weighted by atomic mass is 10.2. The Morgan fingerprint density at radius 3 is 2.38 bits per heavy atom. The molecule has 26 heavy (non-hydrogen) atoms. The average molecular weight is 343 g/mol. The van der Waals surface area contributed by atoms with Crippen molar-refractivity contribution in [3.8, 4) is 11.8 Å². The molecule has 1 amide bonds. The molecule has 3 aromatic carbocycles. The van der Waals surface area contributed by atoms with E-state index in [1.165, 1.54) is 0 Å². The van der Waals surface area contributed by atoms with Crippen LogP contribution in [-0.2, 0) is 4.79 Å². The quantitative estimate of drug-likeness (QED) is 0.699. The first-order valence-corrected chi connectivity index (χ1v) is 8.08. The number of rotatable bonds is 6. The molecule has 128 valence electrons. The zero-order chi connectivity index (χ0) is 18.2. The molecule has 0 radical (unpaired) electrons. The van der Waals surface area contributed by atoms with Crippen molar-refractivity contribution >= 4 is 23.0 Å². The van der Waals surface area contributed by atoms with Crippen molar-refractivity contribution in [2.45, 2.75) is 0 Å². The third-order valence-electron chi connectivity index (χ3n) is 3.58. The Balaban J connectivity index is 1.59. The maximum Gasteiger partial charge on any atom is 0.262 e. The second kappa shape index (κ2) is 8.36. The van der Waals surface area contributed by atoms with Crippen LogP contribution in [0.15, 0.2) is 78.9 Å². The number of amides is 1. The number of hydrogen-bond donors (Lipinski definition) is 2. The van der Waals surface area contributed by atoms with Gasteiger partial charge in [-0.15, -0.1) is 0 Å². The largest absolute Gasteiger partial charge is 0.482 e. The SMILES string of the molecule is N#Cc1ccccc1OCC(=O)Nc1cccc(Nc2ccccc2)c1. The predicted molar refractivity (Wildman–Crippen MR) is 101 cm³/mol. The van der Waals surface area contributed by atoms with Crippen LogP contribution < -0.4 is 15.4 Å². The molecule has 5 nitrogen and oxygen atoms in total. The first-order valence-electron chi connectivity index (χ1n) is 8.08. The van der Waals surface area contributed by atoms with Gasteiger partial charge in [0.2, 0.25) is 0 Å². The van der Waals surface area contributed by atoms with E-state index < -0.39 is 0 Å². The summed E-state index contributed by atoms with van der Waals surface area (Å²) in [5, 5.41) is 15.1. The van der Waals surface area contributed by atoms with E-state index in [4.69, 9.17) is 10.00 Å². The molecule has 0 heterocycles. The van der Waals surface area contributed by atoms with Gasteiger partial charge < -0.3 is 15.4 Å². The molecule has 5 heteroatoms. The van der Waals surface area contributed by atoms with Gasteiger partial charge in [-0.1, -0.05) is 36.4 Å². The van der Waals surface area contributed by atoms with Crippen molar-refractivity contribution in [1.82, 2.24) is 0 Å². The van der Waals surface area contributed by atoms with Gasteiger partial charge in [0.05, 0.1) is 5.56 Å². The Morgan fingerprint density at radius 2 is 1.58 bits per heavy atom. The number of carbonyl (C=O) groups is 1. The molecule has 0 aliphatic rings. The summed E-state index contributed by atoms with van der Waals surface area (Å²) in [4.78, 5) is 12.1. The van der Waals surface area contributed by atoms with Gasteiger partial charge >= 0.3 is 0 Å². The number of nitrogens with zero attached hydrogens (tertiary/aromatic N) is 1. The van der Waals surface area contributed by atoms with Gasteiger partial charge in [-0.05, 0) is 42.5 Å². The third kappa shape index (κ3) is 4.62. The van der Waals surface area contributed by atoms with E-state index in [1.807, 2.05) is 54.6 Å². The first-order chi connectivity index (χ1) is 12.7. The highest BCUT2D eigenvalue weighted by atomic mass is 16.5. The smallest absolute Gasteiger partial charge is 0.262 e. The summed E-state index contributed by atoms with van der Waals surface area (Å²) in [7, 11) is 0. The van der Waals surface area contributed by atoms with E-state index in [1.54, 1.807) is 30.3 Å². The Morgan fingerprint density at radius 1 is 0.885 bits per heavy atom. The fraction of sp³-hybridized carbons (Fsp3) is 0.0476. The minimum Gasteiger partial charge on any atom is -0.482 e. The molecule has 0 unspecified atom stereocenters. The van der Waals surface area contributed by atoms with E-state index in [2.05, 4.69) is 10.6 Å². The monoisotopic (exact) mass is 343 g/mol. The van der Waals surface area contributed by atoms with Crippen molar-refractivity contribution in [3.05, 3.63) is 84.4 Å². The predicted octanol–water partition coefficient (Wildman–Crippen LogP) is 4.32. The summed E-state index contributed by atoms with van der Waals surface area (Å²) >= 11 is 0. The van der Waals surface area contributed by atoms with Gasteiger partial charge in [0, 0.05) is 17.1 Å². The van der Waals surface area contributed by atoms with Gasteiger partial charge in [0.1, 0.15) is 11.8 Å². The normalized spacial score (nSPS) is 9.81. The number of benzene rings is 3. The maximum absolute atomic E-state index is 12.1. The van der Waals surface area contributed by atoms with Gasteiger partial charge in [0.15, 0.2) is 6.61 Å². The zero-order valence-electron chi connectivity index (χ0n) is 14.0. The van der Waals surface area contributed by atoms with E-state index in [9.17, 15) is 4.79 Å². The van der Waals surface area contributed by atoms with Crippen LogP contribution in [0.4, 0.5) is 17.1 Å². The van der Waals surface area contributed by atoms with Crippen LogP contribution in [-0.4, -0.2) is 12.5 Å². The minimum atomic E-state index is -0.297. The summed E-state index contributed by atoms with van der Waals surface area (Å²) in [5.41, 5.74) is 2.89. The highest BCUT2D eigenvalue weighted by Crippen LogP contribution is 2.20. The summed E-state index contributed by atoms with van der Waals surface area (Å²) in [6.07, 6.45) is 0. The lowest BCUT2D eigenvalue weighted by Crippen LogP contribution is -2.20. The van der Waals surface area contributed by atoms with Crippen LogP contribution in [0.5, 0.6) is 5.75 Å². The fourth-order valence-electron chi connectivity index (χ4n) is 2.39. The first kappa shape index (κ1) is 17.1. The minimum absolute atomic E-state index is 0.172. The van der Waals surface area contributed by atoms with Crippen molar-refractivity contribution in [3.63, 3.8) is 0 Å². The van der Waals surface area contributed by atoms with E-state index >= 15 is 0 Å². The standard InChI is InChI=1S/C21H17N3O2/c22-14-16-7-4-5-12-20(16)26-15-21(25)24-19-11-6-10-18(13-19)23-17-8-2-1-3-9-17/h1-13,23H,15H2,(H,24,25). The van der Waals surface area contributed by atoms with Crippen LogP contribution in [0.1, 0.15) is 5.56 Å². The molecule has 0 aliphatic carbocycles. The van der Waals surface area contributed by atoms with Crippen LogP contribution in [0, 0.1) is 11.3 Å². The second-order valence-corrected chi connectivity index (χ2v) is 5.52. The van der Waals surface area contributed by atoms with Gasteiger partial charge in [0.25, 0.3) is 5.91 Å². The van der Waals surface area contributed by atoms with Gasteiger partial charge in [-0.3, -0.25) is 4.79 Å². The Kier molecular flexibility index (Phi) is 5.48. The molecule has 0 saturated heterocycles. The molecule has 3 rings (SSSR count). The van der Waals surface area contributed by atoms with Gasteiger partial charge in [-0.2, -0.15) is 5.26 Å². The number of para-hydroxylation sites is 2. The Hall–Kier alpha value is -3.78. The highest BCUT2D eigenvalue weighted by Gasteiger charge is 2.07. The molecular formula is C21H17N3O2. The summed E-state index contributed by atoms with van der Waals surface area (Å²) in [5.74, 6) is 0.0965. The second-order valence-electron chi connectivity index (χ2n) is 5.52. The number of hydrogen-bond acceptors (Lipinski definition) is 4. The molecule has 2 N–H and O–H groups in total. The fourth-order valence-corrected chi connectivity index (χ4v) is 2.39. The van der Waals surface area contributed by atoms with Gasteiger partial charge in [-0.25, -0.2) is 0 Å². The van der Waals surface area contributed by atoms with E-state index in [-0.39, 0.29) is 12.5 Å². The molecule has 0 atom stereocenters. The zero-order valence-corrected chi connectivity index (χ0v) is 14.0. The molecular weight excluding hydrogens is 326 g/mol. The van der Waals surface area contributed by atoms with Crippen LogP contribution in [0.3, 0.4) is 0 Å². The number of nitrogens with one attached hydrogen (secondary N) is 2. The average Bonchev–Trinajstić information content (AvgIpc) is 2.67. The molecule has 3 aromatic rings. The van der Waals surface area contributed by atoms with Crippen LogP contribution in [0.25, 0.3) is 0 Å². The van der Waals surface area contributed by atoms with E-state index in [0.29, 0.717) is 17.0 Å². The van der Waals surface area contributed by atoms with Crippen molar-refractivity contribution in [2.24, 2.45) is 0 Å². The third-order valence-corrected chi connectivity index (χ3v) is 3.58. The Bertz CT molecular complexity index is 933. The molecule has 0 aromatic heterocycles.